The minimum atomic E-state index is -5.71. The lowest BCUT2D eigenvalue weighted by atomic mass is 9.71. The summed E-state index contributed by atoms with van der Waals surface area (Å²) in [5.41, 5.74) is -7.84. The Balaban J connectivity index is 0.000000154. The maximum Gasteiger partial charge on any atom is 0.437 e. The third-order valence-electron chi connectivity index (χ3n) is 15.1. The first kappa shape index (κ1) is 46.7. The molecule has 0 saturated heterocycles. The van der Waals surface area contributed by atoms with Crippen molar-refractivity contribution in [3.63, 3.8) is 0 Å². The van der Waals surface area contributed by atoms with Gasteiger partial charge in [0.15, 0.2) is 0 Å². The Bertz CT molecular complexity index is 1580. The molecular weight excluding hydrogens is 785 g/mol. The third-order valence-corrected chi connectivity index (χ3v) is 15.1. The van der Waals surface area contributed by atoms with Gasteiger partial charge >= 0.3 is 30.1 Å². The van der Waals surface area contributed by atoms with E-state index in [9.17, 15) is 58.2 Å². The van der Waals surface area contributed by atoms with E-state index in [0.29, 0.717) is 26.2 Å². The molecular formula is C44H59F11O3. The fourth-order valence-corrected chi connectivity index (χ4v) is 10.7. The highest BCUT2D eigenvalue weighted by molar-refractivity contribution is 5.66. The molecule has 8 aliphatic rings. The molecule has 8 aliphatic carbocycles. The van der Waals surface area contributed by atoms with Gasteiger partial charge < -0.3 is 9.84 Å². The molecule has 3 nitrogen and oxygen atoms in total. The zero-order valence-corrected chi connectivity index (χ0v) is 34.3. The highest BCUT2D eigenvalue weighted by Gasteiger charge is 2.77. The number of fused-ring (bicyclic) bond motifs is 8. The monoisotopic (exact) mass is 844 g/mol. The van der Waals surface area contributed by atoms with Crippen LogP contribution in [0.5, 0.6) is 0 Å². The molecule has 8 bridgehead atoms. The molecule has 0 aromatic rings. The van der Waals surface area contributed by atoms with Gasteiger partial charge in [0.25, 0.3) is 5.92 Å². The molecule has 0 heterocycles. The van der Waals surface area contributed by atoms with Crippen LogP contribution >= 0.6 is 0 Å². The second kappa shape index (κ2) is 15.8. The number of halogens is 11. The van der Waals surface area contributed by atoms with Gasteiger partial charge in [-0.2, -0.15) is 39.5 Å². The topological polar surface area (TPSA) is 46.5 Å². The number of hydrogen-bond donors (Lipinski definition) is 1. The molecule has 1 N–H and O–H groups in total. The maximum atomic E-state index is 13.4. The van der Waals surface area contributed by atoms with Gasteiger partial charge in [-0.15, -0.1) is 0 Å². The smallest absolute Gasteiger partial charge is 0.437 e. The Kier molecular flexibility index (Phi) is 12.7. The predicted octanol–water partition coefficient (Wildman–Crippen LogP) is 13.0. The van der Waals surface area contributed by atoms with E-state index in [1.165, 1.54) is 37.8 Å². The van der Waals surface area contributed by atoms with Crippen LogP contribution in [0.1, 0.15) is 106 Å². The number of alkyl halides is 11. The number of allylic oxidation sites excluding steroid dienone is 8. The van der Waals surface area contributed by atoms with E-state index in [-0.39, 0.29) is 30.1 Å². The van der Waals surface area contributed by atoms with Crippen LogP contribution in [-0.4, -0.2) is 46.7 Å². The summed E-state index contributed by atoms with van der Waals surface area (Å²) in [4.78, 5) is 10.9. The molecule has 13 unspecified atom stereocenters. The lowest BCUT2D eigenvalue weighted by Crippen LogP contribution is -2.60. The van der Waals surface area contributed by atoms with Crippen LogP contribution in [-0.2, 0) is 9.53 Å². The molecule has 8 rings (SSSR count). The summed E-state index contributed by atoms with van der Waals surface area (Å²) in [6.07, 6.45) is 5.22. The number of rotatable bonds is 5. The number of aliphatic hydroxyl groups is 1. The molecule has 0 amide bonds. The number of ether oxygens (including phenoxy) is 1. The molecule has 0 aromatic carbocycles. The summed E-state index contributed by atoms with van der Waals surface area (Å²) in [7, 11) is 0. The highest BCUT2D eigenvalue weighted by Crippen LogP contribution is 2.67. The number of esters is 1. The average molecular weight is 845 g/mol. The molecule has 4 fully saturated rings. The normalized spacial score (nSPS) is 38.2. The van der Waals surface area contributed by atoms with Gasteiger partial charge in [0, 0.05) is 19.3 Å². The van der Waals surface area contributed by atoms with Crippen LogP contribution in [0, 0.1) is 75.9 Å². The quantitative estimate of drug-likeness (QED) is 0.170. The Hall–Kier alpha value is -2.38. The Morgan fingerprint density at radius 1 is 0.638 bits per heavy atom. The molecule has 0 aliphatic heterocycles. The van der Waals surface area contributed by atoms with Gasteiger partial charge in [-0.25, -0.2) is 8.78 Å². The molecule has 0 aromatic heterocycles. The molecule has 13 atom stereocenters. The van der Waals surface area contributed by atoms with E-state index in [4.69, 9.17) is 0 Å². The van der Waals surface area contributed by atoms with Crippen molar-refractivity contribution in [2.75, 3.05) is 0 Å². The number of carbonyl (C=O) groups is 1. The van der Waals surface area contributed by atoms with Gasteiger partial charge in [0.1, 0.15) is 5.41 Å². The first-order valence-electron chi connectivity index (χ1n) is 20.6. The number of carbonyl (C=O) groups excluding carboxylic acids is 1. The summed E-state index contributed by atoms with van der Waals surface area (Å²) in [6.45, 7) is 12.0. The van der Waals surface area contributed by atoms with Gasteiger partial charge in [0.2, 0.25) is 0 Å². The second-order valence-corrected chi connectivity index (χ2v) is 19.8. The summed E-state index contributed by atoms with van der Waals surface area (Å²) >= 11 is 0. The first-order valence-corrected chi connectivity index (χ1v) is 20.6. The fourth-order valence-electron chi connectivity index (χ4n) is 10.7. The van der Waals surface area contributed by atoms with Crippen molar-refractivity contribution < 1.29 is 62.9 Å². The van der Waals surface area contributed by atoms with Crippen LogP contribution in [0.4, 0.5) is 48.3 Å². The van der Waals surface area contributed by atoms with E-state index in [2.05, 4.69) is 56.7 Å². The van der Waals surface area contributed by atoms with Gasteiger partial charge in [-0.05, 0) is 130 Å². The fraction of sp³-hybridized carbons (Fsp3) is 0.795. The zero-order chi connectivity index (χ0) is 43.7. The van der Waals surface area contributed by atoms with Crippen molar-refractivity contribution >= 4 is 5.97 Å². The van der Waals surface area contributed by atoms with E-state index >= 15 is 0 Å². The molecule has 14 heteroatoms. The molecule has 330 valence electrons. The standard InChI is InChI=1S/C14H24O.C13H14F6O2.C9H9F5.C8H12/c1-13(2,3)14(4,15)9-12-8-10-5-6-11(12)7-10;1-7(20)21-11(12(14,15)16,13(17,18)19)6-10-5-8-2-3-9(10)4-8;1-7(9(12,13)14)5-2-3-6(4-5)8(7,10)11;1-6-4-7-2-3-8(6)5-7/h5-6,10-12,15H,7-9H2,1-4H3;2-3,8-10H,4-6H2,1H3;2-3,5-6H,4H2,1H3;2-3,6-8H,4-5H2,1H3. The summed E-state index contributed by atoms with van der Waals surface area (Å²) < 4.78 is 147. The van der Waals surface area contributed by atoms with Crippen LogP contribution in [0.15, 0.2) is 48.6 Å². The lowest BCUT2D eigenvalue weighted by Gasteiger charge is -2.40. The average Bonchev–Trinajstić information content (AvgIpc) is 3.92. The Morgan fingerprint density at radius 2 is 1.07 bits per heavy atom. The van der Waals surface area contributed by atoms with Crippen molar-refractivity contribution in [2.24, 2.45) is 75.9 Å². The van der Waals surface area contributed by atoms with E-state index in [1.807, 2.05) is 13.0 Å². The van der Waals surface area contributed by atoms with Crippen LogP contribution in [0.2, 0.25) is 0 Å². The Morgan fingerprint density at radius 3 is 1.33 bits per heavy atom. The van der Waals surface area contributed by atoms with Gasteiger partial charge in [-0.3, -0.25) is 4.79 Å². The van der Waals surface area contributed by atoms with E-state index < -0.39 is 71.2 Å². The van der Waals surface area contributed by atoms with E-state index in [0.717, 1.165) is 36.0 Å². The summed E-state index contributed by atoms with van der Waals surface area (Å²) in [5.74, 6) is -3.43. The zero-order valence-electron chi connectivity index (χ0n) is 34.3. The number of hydrogen-bond acceptors (Lipinski definition) is 3. The van der Waals surface area contributed by atoms with Crippen LogP contribution in [0.25, 0.3) is 0 Å². The predicted molar refractivity (Wildman–Crippen MR) is 198 cm³/mol. The second-order valence-electron chi connectivity index (χ2n) is 19.8. The first-order chi connectivity index (χ1) is 26.3. The lowest BCUT2D eigenvalue weighted by molar-refractivity contribution is -0.374. The van der Waals surface area contributed by atoms with E-state index in [1.54, 1.807) is 6.08 Å². The molecule has 0 radical (unpaired) electrons. The van der Waals surface area contributed by atoms with Gasteiger partial charge in [0.05, 0.1) is 5.60 Å². The highest BCUT2D eigenvalue weighted by atomic mass is 19.4. The van der Waals surface area contributed by atoms with Crippen molar-refractivity contribution in [3.05, 3.63) is 48.6 Å². The minimum Gasteiger partial charge on any atom is -0.440 e. The minimum absolute atomic E-state index is 0.0153. The Labute approximate surface area is 335 Å². The summed E-state index contributed by atoms with van der Waals surface area (Å²) in [5, 5.41) is 10.5. The largest absolute Gasteiger partial charge is 0.440 e. The van der Waals surface area contributed by atoms with Crippen molar-refractivity contribution in [1.82, 2.24) is 0 Å². The maximum absolute atomic E-state index is 13.4. The molecule has 58 heavy (non-hydrogen) atoms. The van der Waals surface area contributed by atoms with Crippen molar-refractivity contribution in [3.8, 4) is 0 Å². The van der Waals surface area contributed by atoms with Crippen LogP contribution in [0.3, 0.4) is 0 Å². The van der Waals surface area contributed by atoms with Crippen molar-refractivity contribution in [1.29, 1.82) is 0 Å². The van der Waals surface area contributed by atoms with Gasteiger partial charge in [-0.1, -0.05) is 76.3 Å². The molecule has 4 saturated carbocycles. The molecule has 0 spiro atoms. The SMILES string of the molecule is CC(=O)OC(CC1CC2C=CC1C2)(C(F)(F)F)C(F)(F)F.CC(C)(C)C(C)(O)CC1CC2C=CC1C2.CC1(C(F)(F)F)C2C=CC(C2)C1(F)F.CC1CC2C=CC1C2. The van der Waals surface area contributed by atoms with Crippen LogP contribution < -0.4 is 0 Å². The van der Waals surface area contributed by atoms with Crippen molar-refractivity contribution in [2.45, 2.75) is 142 Å². The third kappa shape index (κ3) is 8.84. The summed E-state index contributed by atoms with van der Waals surface area (Å²) in [6, 6.07) is 0.